The maximum Gasteiger partial charge on any atom is 0.161 e. The molecule has 5 heteroatoms. The van der Waals surface area contributed by atoms with Crippen molar-refractivity contribution in [1.29, 1.82) is 0 Å². The number of hydrogen-bond donors (Lipinski definition) is 1. The van der Waals surface area contributed by atoms with Crippen molar-refractivity contribution in [3.8, 4) is 11.5 Å². The second kappa shape index (κ2) is 9.08. The van der Waals surface area contributed by atoms with Crippen LogP contribution >= 0.6 is 23.2 Å². The summed E-state index contributed by atoms with van der Waals surface area (Å²) in [6.45, 7) is 3.56. The minimum Gasteiger partial charge on any atom is -0.493 e. The van der Waals surface area contributed by atoms with Gasteiger partial charge in [0.05, 0.1) is 7.11 Å². The lowest BCUT2D eigenvalue weighted by Crippen LogP contribution is -2.54. The van der Waals surface area contributed by atoms with E-state index in [0.29, 0.717) is 33.9 Å². The molecule has 0 amide bonds. The lowest BCUT2D eigenvalue weighted by atomic mass is 9.48. The number of nitrogens with one attached hydrogen (secondary N) is 1. The van der Waals surface area contributed by atoms with Crippen LogP contribution in [0.2, 0.25) is 10.0 Å². The van der Waals surface area contributed by atoms with Crippen LogP contribution in [0.3, 0.4) is 0 Å². The third-order valence-electron chi connectivity index (χ3n) is 8.28. The van der Waals surface area contributed by atoms with Gasteiger partial charge in [-0.25, -0.2) is 0 Å². The number of halogens is 2. The van der Waals surface area contributed by atoms with E-state index in [1.807, 2.05) is 24.3 Å². The Labute approximate surface area is 201 Å². The van der Waals surface area contributed by atoms with Crippen LogP contribution in [0.15, 0.2) is 36.4 Å². The molecule has 172 valence electrons. The summed E-state index contributed by atoms with van der Waals surface area (Å²) in [5.74, 6) is 4.37. The summed E-state index contributed by atoms with van der Waals surface area (Å²) < 4.78 is 11.6. The van der Waals surface area contributed by atoms with Crippen molar-refractivity contribution in [3.63, 3.8) is 0 Å². The molecule has 0 saturated heterocycles. The second-order valence-corrected chi connectivity index (χ2v) is 11.2. The molecule has 2 aromatic rings. The van der Waals surface area contributed by atoms with Gasteiger partial charge in [-0.05, 0) is 98.4 Å². The minimum absolute atomic E-state index is 0.301. The first kappa shape index (κ1) is 22.4. The Hall–Kier alpha value is -1.42. The molecule has 32 heavy (non-hydrogen) atoms. The van der Waals surface area contributed by atoms with E-state index in [4.69, 9.17) is 32.7 Å². The third-order valence-corrected chi connectivity index (χ3v) is 8.99. The van der Waals surface area contributed by atoms with E-state index in [9.17, 15) is 0 Å². The SMILES string of the molecule is COc1cc(CN[C@@H](C)C23CC4CC(CC(C4)C2)C3)ccc1OCc1c(Cl)cccc1Cl. The van der Waals surface area contributed by atoms with E-state index in [1.165, 1.54) is 44.1 Å². The normalized spacial score (nSPS) is 29.2. The zero-order valence-corrected chi connectivity index (χ0v) is 20.5. The van der Waals surface area contributed by atoms with Crippen LogP contribution in [0.1, 0.15) is 56.6 Å². The predicted octanol–water partition coefficient (Wildman–Crippen LogP) is 7.28. The smallest absolute Gasteiger partial charge is 0.161 e. The molecule has 4 bridgehead atoms. The molecule has 0 aromatic heterocycles. The average Bonchev–Trinajstić information content (AvgIpc) is 2.76. The molecule has 4 fully saturated rings. The summed E-state index contributed by atoms with van der Waals surface area (Å²) in [5.41, 5.74) is 2.51. The maximum absolute atomic E-state index is 6.27. The highest BCUT2D eigenvalue weighted by Crippen LogP contribution is 2.61. The molecule has 6 rings (SSSR count). The Morgan fingerprint density at radius 2 is 1.59 bits per heavy atom. The van der Waals surface area contributed by atoms with Gasteiger partial charge in [-0.3, -0.25) is 0 Å². The fraction of sp³-hybridized carbons (Fsp3) is 0.556. The van der Waals surface area contributed by atoms with Crippen molar-refractivity contribution >= 4 is 23.2 Å². The van der Waals surface area contributed by atoms with E-state index < -0.39 is 0 Å². The van der Waals surface area contributed by atoms with Gasteiger partial charge in [0.1, 0.15) is 6.61 Å². The van der Waals surface area contributed by atoms with Crippen molar-refractivity contribution in [3.05, 3.63) is 57.6 Å². The summed E-state index contributed by atoms with van der Waals surface area (Å²) in [4.78, 5) is 0. The first-order valence-corrected chi connectivity index (χ1v) is 12.7. The van der Waals surface area contributed by atoms with Gasteiger partial charge in [-0.2, -0.15) is 0 Å². The number of rotatable bonds is 8. The van der Waals surface area contributed by atoms with Crippen molar-refractivity contribution in [2.24, 2.45) is 23.2 Å². The van der Waals surface area contributed by atoms with Gasteiger partial charge in [0.2, 0.25) is 0 Å². The largest absolute Gasteiger partial charge is 0.493 e. The Kier molecular flexibility index (Phi) is 6.35. The zero-order valence-electron chi connectivity index (χ0n) is 19.0. The highest BCUT2D eigenvalue weighted by Gasteiger charge is 2.52. The fourth-order valence-corrected chi connectivity index (χ4v) is 7.46. The second-order valence-electron chi connectivity index (χ2n) is 10.4. The molecule has 4 saturated carbocycles. The Balaban J connectivity index is 1.22. The summed E-state index contributed by atoms with van der Waals surface area (Å²) >= 11 is 12.5. The van der Waals surface area contributed by atoms with Crippen LogP contribution in [-0.4, -0.2) is 13.2 Å². The Morgan fingerprint density at radius 3 is 2.19 bits per heavy atom. The van der Waals surface area contributed by atoms with E-state index >= 15 is 0 Å². The molecule has 1 N–H and O–H groups in total. The monoisotopic (exact) mass is 473 g/mol. The number of benzene rings is 2. The number of methoxy groups -OCH3 is 1. The van der Waals surface area contributed by atoms with Gasteiger partial charge in [-0.1, -0.05) is 35.3 Å². The van der Waals surface area contributed by atoms with Crippen LogP contribution in [0.4, 0.5) is 0 Å². The van der Waals surface area contributed by atoms with Gasteiger partial charge in [0.25, 0.3) is 0 Å². The fourth-order valence-electron chi connectivity index (χ4n) is 6.96. The lowest BCUT2D eigenvalue weighted by molar-refractivity contribution is -0.0706. The lowest BCUT2D eigenvalue weighted by Gasteiger charge is -2.59. The molecule has 4 aliphatic rings. The Morgan fingerprint density at radius 1 is 0.969 bits per heavy atom. The first-order valence-electron chi connectivity index (χ1n) is 11.9. The topological polar surface area (TPSA) is 30.5 Å². The number of hydrogen-bond acceptors (Lipinski definition) is 3. The van der Waals surface area contributed by atoms with Crippen LogP contribution in [0.25, 0.3) is 0 Å². The first-order chi connectivity index (χ1) is 15.5. The molecule has 0 radical (unpaired) electrons. The molecule has 2 aromatic carbocycles. The summed E-state index contributed by atoms with van der Waals surface area (Å²) in [5, 5.41) is 5.08. The quantitative estimate of drug-likeness (QED) is 0.436. The predicted molar refractivity (Wildman–Crippen MR) is 131 cm³/mol. The molecule has 1 atom stereocenters. The summed E-state index contributed by atoms with van der Waals surface area (Å²) in [6.07, 6.45) is 8.74. The maximum atomic E-state index is 6.27. The van der Waals surface area contributed by atoms with E-state index in [2.05, 4.69) is 24.4 Å². The van der Waals surface area contributed by atoms with Crippen molar-refractivity contribution in [2.45, 2.75) is 64.6 Å². The third kappa shape index (κ3) is 4.36. The summed E-state index contributed by atoms with van der Waals surface area (Å²) in [6, 6.07) is 12.2. The summed E-state index contributed by atoms with van der Waals surface area (Å²) in [7, 11) is 1.68. The Bertz CT molecular complexity index is 921. The van der Waals surface area contributed by atoms with Crippen molar-refractivity contribution in [2.75, 3.05) is 7.11 Å². The van der Waals surface area contributed by atoms with Crippen LogP contribution in [-0.2, 0) is 13.2 Å². The van der Waals surface area contributed by atoms with Crippen LogP contribution < -0.4 is 14.8 Å². The number of ether oxygens (including phenoxy) is 2. The zero-order chi connectivity index (χ0) is 22.3. The van der Waals surface area contributed by atoms with E-state index in [0.717, 1.165) is 35.6 Å². The molecule has 0 heterocycles. The van der Waals surface area contributed by atoms with Gasteiger partial charge in [-0.15, -0.1) is 0 Å². The van der Waals surface area contributed by atoms with Crippen LogP contribution in [0, 0.1) is 23.2 Å². The van der Waals surface area contributed by atoms with Crippen LogP contribution in [0.5, 0.6) is 11.5 Å². The molecule has 3 nitrogen and oxygen atoms in total. The van der Waals surface area contributed by atoms with E-state index in [1.54, 1.807) is 7.11 Å². The molecule has 4 aliphatic carbocycles. The van der Waals surface area contributed by atoms with E-state index in [-0.39, 0.29) is 0 Å². The highest BCUT2D eigenvalue weighted by molar-refractivity contribution is 6.35. The van der Waals surface area contributed by atoms with Gasteiger partial charge < -0.3 is 14.8 Å². The average molecular weight is 474 g/mol. The van der Waals surface area contributed by atoms with Gasteiger partial charge in [0, 0.05) is 28.2 Å². The van der Waals surface area contributed by atoms with Gasteiger partial charge >= 0.3 is 0 Å². The molecular formula is C27H33Cl2NO2. The molecule has 0 unspecified atom stereocenters. The van der Waals surface area contributed by atoms with Gasteiger partial charge in [0.15, 0.2) is 11.5 Å². The standard InChI is InChI=1S/C27H33Cl2NO2/c1-17(27-12-19-8-20(13-27)10-21(9-19)14-27)30-15-18-6-7-25(26(11-18)31-2)32-16-22-23(28)4-3-5-24(22)29/h3-7,11,17,19-21,30H,8-10,12-16H2,1-2H3/t17-,19?,20?,21?,27?/m0/s1. The van der Waals surface area contributed by atoms with Crippen molar-refractivity contribution < 1.29 is 9.47 Å². The minimum atomic E-state index is 0.301. The molecule has 0 spiro atoms. The molecule has 0 aliphatic heterocycles. The highest BCUT2D eigenvalue weighted by atomic mass is 35.5. The van der Waals surface area contributed by atoms with Crippen molar-refractivity contribution in [1.82, 2.24) is 5.32 Å². The molecular weight excluding hydrogens is 441 g/mol.